The van der Waals surface area contributed by atoms with Gasteiger partial charge in [0.1, 0.15) is 6.61 Å². The first-order valence-electron chi connectivity index (χ1n) is 7.70. The molecule has 2 fully saturated rings. The molecule has 0 aromatic heterocycles. The summed E-state index contributed by atoms with van der Waals surface area (Å²) in [7, 11) is 1.32. The summed E-state index contributed by atoms with van der Waals surface area (Å²) in [6.07, 6.45) is 0.644. The predicted molar refractivity (Wildman–Crippen MR) is 79.1 cm³/mol. The van der Waals surface area contributed by atoms with E-state index >= 15 is 0 Å². The zero-order valence-corrected chi connectivity index (χ0v) is 13.0. The van der Waals surface area contributed by atoms with Crippen LogP contribution in [0.15, 0.2) is 30.3 Å². The van der Waals surface area contributed by atoms with Crippen LogP contribution < -0.4 is 0 Å². The highest BCUT2D eigenvalue weighted by Crippen LogP contribution is 2.45. The standard InChI is InChI=1S/C17H20O6/c1-20-15(18)13-9-17(22-7-8-23-17)10-14(13)16(19)21-11-12-5-3-2-4-6-12/h2-6,13-14H,7-11H2,1H3/t13-,14+/m0/s1. The molecule has 0 amide bonds. The third kappa shape index (κ3) is 3.38. The normalized spacial score (nSPS) is 25.4. The van der Waals surface area contributed by atoms with Crippen LogP contribution in [0.4, 0.5) is 0 Å². The van der Waals surface area contributed by atoms with Gasteiger partial charge in [-0.25, -0.2) is 0 Å². The molecule has 1 aromatic rings. The predicted octanol–water partition coefficient (Wildman–Crippen LogP) is 1.67. The van der Waals surface area contributed by atoms with E-state index in [0.717, 1.165) is 5.56 Å². The lowest BCUT2D eigenvalue weighted by Crippen LogP contribution is -2.28. The van der Waals surface area contributed by atoms with E-state index in [4.69, 9.17) is 18.9 Å². The van der Waals surface area contributed by atoms with Crippen molar-refractivity contribution in [1.29, 1.82) is 0 Å². The molecule has 1 heterocycles. The first-order valence-corrected chi connectivity index (χ1v) is 7.70. The van der Waals surface area contributed by atoms with E-state index in [-0.39, 0.29) is 6.61 Å². The van der Waals surface area contributed by atoms with Crippen LogP contribution in [-0.2, 0) is 35.1 Å². The van der Waals surface area contributed by atoms with Gasteiger partial charge in [-0.05, 0) is 5.56 Å². The summed E-state index contributed by atoms with van der Waals surface area (Å²) in [5.74, 6) is -2.90. The van der Waals surface area contributed by atoms with Crippen molar-refractivity contribution in [2.45, 2.75) is 25.2 Å². The molecule has 0 N–H and O–H groups in total. The fourth-order valence-corrected chi connectivity index (χ4v) is 3.25. The second-order valence-electron chi connectivity index (χ2n) is 5.85. The molecule has 0 unspecified atom stereocenters. The van der Waals surface area contributed by atoms with E-state index in [2.05, 4.69) is 0 Å². The van der Waals surface area contributed by atoms with E-state index < -0.39 is 29.6 Å². The molecule has 1 spiro atoms. The molecule has 23 heavy (non-hydrogen) atoms. The number of carbonyl (C=O) groups excluding carboxylic acids is 2. The Labute approximate surface area is 134 Å². The molecule has 2 atom stereocenters. The van der Waals surface area contributed by atoms with Crippen LogP contribution in [0, 0.1) is 11.8 Å². The number of rotatable bonds is 4. The second-order valence-corrected chi connectivity index (χ2v) is 5.85. The minimum Gasteiger partial charge on any atom is -0.469 e. The van der Waals surface area contributed by atoms with Crippen molar-refractivity contribution >= 4 is 11.9 Å². The summed E-state index contributed by atoms with van der Waals surface area (Å²) < 4.78 is 21.5. The van der Waals surface area contributed by atoms with Crippen molar-refractivity contribution in [1.82, 2.24) is 0 Å². The zero-order chi connectivity index (χ0) is 16.3. The lowest BCUT2D eigenvalue weighted by atomic mass is 9.96. The highest BCUT2D eigenvalue weighted by molar-refractivity contribution is 5.83. The maximum Gasteiger partial charge on any atom is 0.310 e. The van der Waals surface area contributed by atoms with Gasteiger partial charge in [0, 0.05) is 12.8 Å². The Morgan fingerprint density at radius 2 is 1.70 bits per heavy atom. The quantitative estimate of drug-likeness (QED) is 0.786. The second kappa shape index (κ2) is 6.68. The average Bonchev–Trinajstić information content (AvgIpc) is 3.20. The van der Waals surface area contributed by atoms with Crippen LogP contribution >= 0.6 is 0 Å². The molecule has 1 aromatic carbocycles. The highest BCUT2D eigenvalue weighted by Gasteiger charge is 2.55. The van der Waals surface area contributed by atoms with Crippen LogP contribution in [0.3, 0.4) is 0 Å². The summed E-state index contributed by atoms with van der Waals surface area (Å²) in [6.45, 7) is 1.12. The lowest BCUT2D eigenvalue weighted by Gasteiger charge is -2.21. The Bertz CT molecular complexity index is 564. The minimum atomic E-state index is -0.852. The van der Waals surface area contributed by atoms with Gasteiger partial charge < -0.3 is 18.9 Å². The fraction of sp³-hybridized carbons (Fsp3) is 0.529. The van der Waals surface area contributed by atoms with Crippen LogP contribution in [0.5, 0.6) is 0 Å². The van der Waals surface area contributed by atoms with Crippen molar-refractivity contribution in [2.24, 2.45) is 11.8 Å². The summed E-state index contributed by atoms with van der Waals surface area (Å²) in [6, 6.07) is 9.42. The van der Waals surface area contributed by atoms with Gasteiger partial charge in [0.2, 0.25) is 0 Å². The van der Waals surface area contributed by atoms with Crippen LogP contribution in [0.2, 0.25) is 0 Å². The van der Waals surface area contributed by atoms with Gasteiger partial charge >= 0.3 is 11.9 Å². The molecule has 1 aliphatic heterocycles. The number of carbonyl (C=O) groups is 2. The number of ether oxygens (including phenoxy) is 4. The molecule has 6 heteroatoms. The SMILES string of the molecule is COC(=O)[C@H]1CC2(C[C@H]1C(=O)OCc1ccccc1)OCCO2. The third-order valence-electron chi connectivity index (χ3n) is 4.39. The van der Waals surface area contributed by atoms with Gasteiger partial charge in [0.05, 0.1) is 32.2 Å². The third-order valence-corrected chi connectivity index (χ3v) is 4.39. The Hall–Kier alpha value is -1.92. The van der Waals surface area contributed by atoms with Crippen LogP contribution in [-0.4, -0.2) is 38.0 Å². The van der Waals surface area contributed by atoms with Crippen LogP contribution in [0.1, 0.15) is 18.4 Å². The van der Waals surface area contributed by atoms with E-state index in [1.54, 1.807) is 0 Å². The molecular formula is C17H20O6. The number of hydrogen-bond donors (Lipinski definition) is 0. The van der Waals surface area contributed by atoms with Crippen molar-refractivity contribution in [2.75, 3.05) is 20.3 Å². The van der Waals surface area contributed by atoms with Crippen molar-refractivity contribution in [3.05, 3.63) is 35.9 Å². The van der Waals surface area contributed by atoms with E-state index in [0.29, 0.717) is 26.1 Å². The van der Waals surface area contributed by atoms with E-state index in [9.17, 15) is 9.59 Å². The molecule has 0 bridgehead atoms. The van der Waals surface area contributed by atoms with Crippen LogP contribution in [0.25, 0.3) is 0 Å². The largest absolute Gasteiger partial charge is 0.469 e. The summed E-state index contributed by atoms with van der Waals surface area (Å²) in [5, 5.41) is 0. The van der Waals surface area contributed by atoms with Gasteiger partial charge in [0.25, 0.3) is 0 Å². The molecule has 1 saturated heterocycles. The molecular weight excluding hydrogens is 300 g/mol. The van der Waals surface area contributed by atoms with Gasteiger partial charge in [-0.2, -0.15) is 0 Å². The molecule has 6 nitrogen and oxygen atoms in total. The maximum atomic E-state index is 12.4. The zero-order valence-electron chi connectivity index (χ0n) is 13.0. The Kier molecular flexibility index (Phi) is 4.63. The van der Waals surface area contributed by atoms with Gasteiger partial charge in [-0.1, -0.05) is 30.3 Å². The summed E-state index contributed by atoms with van der Waals surface area (Å²) in [5.41, 5.74) is 0.900. The van der Waals surface area contributed by atoms with E-state index in [1.165, 1.54) is 7.11 Å². The van der Waals surface area contributed by atoms with Crippen molar-refractivity contribution in [3.8, 4) is 0 Å². The minimum absolute atomic E-state index is 0.179. The first-order chi connectivity index (χ1) is 11.1. The fourth-order valence-electron chi connectivity index (χ4n) is 3.25. The number of methoxy groups -OCH3 is 1. The number of benzene rings is 1. The molecule has 2 aliphatic rings. The Morgan fingerprint density at radius 3 is 2.30 bits per heavy atom. The van der Waals surface area contributed by atoms with Crippen molar-refractivity contribution in [3.63, 3.8) is 0 Å². The van der Waals surface area contributed by atoms with E-state index in [1.807, 2.05) is 30.3 Å². The van der Waals surface area contributed by atoms with Gasteiger partial charge in [-0.3, -0.25) is 9.59 Å². The molecule has 1 aliphatic carbocycles. The Morgan fingerprint density at radius 1 is 1.09 bits per heavy atom. The first kappa shape index (κ1) is 16.0. The smallest absolute Gasteiger partial charge is 0.310 e. The number of hydrogen-bond acceptors (Lipinski definition) is 6. The highest BCUT2D eigenvalue weighted by atomic mass is 16.7. The topological polar surface area (TPSA) is 71.1 Å². The maximum absolute atomic E-state index is 12.4. The molecule has 124 valence electrons. The Balaban J connectivity index is 1.67. The summed E-state index contributed by atoms with van der Waals surface area (Å²) in [4.78, 5) is 24.5. The van der Waals surface area contributed by atoms with Gasteiger partial charge in [0.15, 0.2) is 5.79 Å². The molecule has 0 radical (unpaired) electrons. The monoisotopic (exact) mass is 320 g/mol. The molecule has 3 rings (SSSR count). The van der Waals surface area contributed by atoms with Crippen molar-refractivity contribution < 1.29 is 28.5 Å². The molecule has 1 saturated carbocycles. The number of esters is 2. The average molecular weight is 320 g/mol. The lowest BCUT2D eigenvalue weighted by molar-refractivity contribution is -0.163. The summed E-state index contributed by atoms with van der Waals surface area (Å²) >= 11 is 0. The van der Waals surface area contributed by atoms with Gasteiger partial charge in [-0.15, -0.1) is 0 Å².